The van der Waals surface area contributed by atoms with Gasteiger partial charge in [0, 0.05) is 12.8 Å². The lowest BCUT2D eigenvalue weighted by Crippen LogP contribution is -2.04. The zero-order valence-corrected chi connectivity index (χ0v) is 6.99. The van der Waals surface area contributed by atoms with E-state index in [4.69, 9.17) is 4.42 Å². The lowest BCUT2D eigenvalue weighted by Gasteiger charge is -2.04. The quantitative estimate of drug-likeness (QED) is 0.744. The number of hydrogen-bond donors (Lipinski definition) is 1. The Balaban J connectivity index is 2.49. The second kappa shape index (κ2) is 4.07. The Morgan fingerprint density at radius 1 is 1.75 bits per heavy atom. The molecule has 0 spiro atoms. The van der Waals surface area contributed by atoms with Crippen molar-refractivity contribution in [3.63, 3.8) is 0 Å². The third-order valence-electron chi connectivity index (χ3n) is 1.69. The standard InChI is InChI=1S/C9H12O3/c1-2-7(10)6-8(11)9-4-3-5-12-9/h3-5,8,11H,2,6H2,1H3. The van der Waals surface area contributed by atoms with E-state index < -0.39 is 6.10 Å². The van der Waals surface area contributed by atoms with Crippen molar-refractivity contribution in [3.05, 3.63) is 24.2 Å². The fraction of sp³-hybridized carbons (Fsp3) is 0.444. The van der Waals surface area contributed by atoms with E-state index >= 15 is 0 Å². The molecule has 0 saturated heterocycles. The molecule has 1 N–H and O–H groups in total. The molecule has 3 nitrogen and oxygen atoms in total. The van der Waals surface area contributed by atoms with E-state index in [2.05, 4.69) is 0 Å². The summed E-state index contributed by atoms with van der Waals surface area (Å²) in [5, 5.41) is 9.40. The van der Waals surface area contributed by atoms with E-state index in [1.54, 1.807) is 19.1 Å². The molecular weight excluding hydrogens is 156 g/mol. The van der Waals surface area contributed by atoms with Crippen LogP contribution in [0.1, 0.15) is 31.6 Å². The van der Waals surface area contributed by atoms with Gasteiger partial charge in [0.25, 0.3) is 0 Å². The van der Waals surface area contributed by atoms with E-state index in [0.29, 0.717) is 12.2 Å². The van der Waals surface area contributed by atoms with E-state index in [1.165, 1.54) is 6.26 Å². The van der Waals surface area contributed by atoms with Crippen LogP contribution in [0.25, 0.3) is 0 Å². The van der Waals surface area contributed by atoms with Crippen LogP contribution < -0.4 is 0 Å². The maximum absolute atomic E-state index is 10.9. The average Bonchev–Trinajstić information content (AvgIpc) is 2.56. The topological polar surface area (TPSA) is 50.4 Å². The predicted molar refractivity (Wildman–Crippen MR) is 43.6 cm³/mol. The van der Waals surface area contributed by atoms with Crippen molar-refractivity contribution in [2.24, 2.45) is 0 Å². The molecule has 0 aliphatic rings. The van der Waals surface area contributed by atoms with Gasteiger partial charge in [0.2, 0.25) is 0 Å². The molecule has 1 unspecified atom stereocenters. The second-order valence-corrected chi connectivity index (χ2v) is 2.63. The lowest BCUT2D eigenvalue weighted by atomic mass is 10.1. The van der Waals surface area contributed by atoms with Gasteiger partial charge >= 0.3 is 0 Å². The van der Waals surface area contributed by atoms with Crippen LogP contribution in [0.2, 0.25) is 0 Å². The summed E-state index contributed by atoms with van der Waals surface area (Å²) in [6, 6.07) is 3.35. The van der Waals surface area contributed by atoms with Crippen LogP contribution in [-0.2, 0) is 4.79 Å². The monoisotopic (exact) mass is 168 g/mol. The molecule has 1 rings (SSSR count). The number of carbonyl (C=O) groups is 1. The minimum absolute atomic E-state index is 0.0406. The Morgan fingerprint density at radius 3 is 3.00 bits per heavy atom. The minimum Gasteiger partial charge on any atom is -0.467 e. The molecule has 0 aliphatic carbocycles. The molecule has 0 radical (unpaired) electrons. The van der Waals surface area contributed by atoms with Crippen molar-refractivity contribution in [1.29, 1.82) is 0 Å². The van der Waals surface area contributed by atoms with Crippen molar-refractivity contribution >= 4 is 5.78 Å². The summed E-state index contributed by atoms with van der Waals surface area (Å²) >= 11 is 0. The zero-order valence-electron chi connectivity index (χ0n) is 6.99. The van der Waals surface area contributed by atoms with Crippen LogP contribution in [0.3, 0.4) is 0 Å². The number of rotatable bonds is 4. The summed E-state index contributed by atoms with van der Waals surface area (Å²) in [6.07, 6.45) is 1.30. The molecular formula is C9H12O3. The molecule has 12 heavy (non-hydrogen) atoms. The lowest BCUT2D eigenvalue weighted by molar-refractivity contribution is -0.120. The minimum atomic E-state index is -0.785. The summed E-state index contributed by atoms with van der Waals surface area (Å²) in [6.45, 7) is 1.77. The third-order valence-corrected chi connectivity index (χ3v) is 1.69. The summed E-state index contributed by atoms with van der Waals surface area (Å²) in [5.74, 6) is 0.496. The zero-order chi connectivity index (χ0) is 8.97. The highest BCUT2D eigenvalue weighted by Gasteiger charge is 2.13. The number of ketones is 1. The maximum Gasteiger partial charge on any atom is 0.135 e. The van der Waals surface area contributed by atoms with E-state index in [0.717, 1.165) is 0 Å². The van der Waals surface area contributed by atoms with Crippen molar-refractivity contribution in [1.82, 2.24) is 0 Å². The molecule has 66 valence electrons. The molecule has 1 aromatic rings. The van der Waals surface area contributed by atoms with Crippen LogP contribution in [-0.4, -0.2) is 10.9 Å². The Morgan fingerprint density at radius 2 is 2.50 bits per heavy atom. The number of hydrogen-bond acceptors (Lipinski definition) is 3. The van der Waals surface area contributed by atoms with Crippen molar-refractivity contribution in [2.75, 3.05) is 0 Å². The molecule has 1 atom stereocenters. The first-order valence-electron chi connectivity index (χ1n) is 3.97. The maximum atomic E-state index is 10.9. The van der Waals surface area contributed by atoms with Gasteiger partial charge in [-0.15, -0.1) is 0 Å². The van der Waals surface area contributed by atoms with Crippen molar-refractivity contribution in [2.45, 2.75) is 25.9 Å². The molecule has 1 aromatic heterocycles. The Hall–Kier alpha value is -1.09. The summed E-state index contributed by atoms with van der Waals surface area (Å²) < 4.78 is 4.94. The molecule has 0 aromatic carbocycles. The third kappa shape index (κ3) is 2.20. The van der Waals surface area contributed by atoms with E-state index in [1.807, 2.05) is 0 Å². The van der Waals surface area contributed by atoms with Gasteiger partial charge in [0.05, 0.1) is 6.26 Å². The van der Waals surface area contributed by atoms with Crippen LogP contribution in [0.15, 0.2) is 22.8 Å². The van der Waals surface area contributed by atoms with E-state index in [-0.39, 0.29) is 12.2 Å². The SMILES string of the molecule is CCC(=O)CC(O)c1ccco1. The molecule has 0 saturated carbocycles. The molecule has 0 fully saturated rings. The Kier molecular flexibility index (Phi) is 3.05. The van der Waals surface area contributed by atoms with E-state index in [9.17, 15) is 9.90 Å². The first-order valence-corrected chi connectivity index (χ1v) is 3.97. The van der Waals surface area contributed by atoms with Crippen LogP contribution >= 0.6 is 0 Å². The highest BCUT2D eigenvalue weighted by Crippen LogP contribution is 2.17. The molecule has 0 amide bonds. The number of Topliss-reactive ketones (excluding diaryl/α,β-unsaturated/α-hetero) is 1. The number of furan rings is 1. The van der Waals surface area contributed by atoms with Gasteiger partial charge in [0.1, 0.15) is 17.6 Å². The number of aliphatic hydroxyl groups is 1. The van der Waals surface area contributed by atoms with Gasteiger partial charge in [-0.25, -0.2) is 0 Å². The average molecular weight is 168 g/mol. The fourth-order valence-corrected chi connectivity index (χ4v) is 0.941. The molecule has 0 aliphatic heterocycles. The molecule has 3 heteroatoms. The van der Waals surface area contributed by atoms with Gasteiger partial charge in [-0.2, -0.15) is 0 Å². The molecule has 0 bridgehead atoms. The predicted octanol–water partition coefficient (Wildman–Crippen LogP) is 1.68. The normalized spacial score (nSPS) is 12.8. The number of aliphatic hydroxyl groups excluding tert-OH is 1. The highest BCUT2D eigenvalue weighted by atomic mass is 16.4. The summed E-state index contributed by atoms with van der Waals surface area (Å²) in [7, 11) is 0. The van der Waals surface area contributed by atoms with Gasteiger partial charge < -0.3 is 9.52 Å². The van der Waals surface area contributed by atoms with Crippen LogP contribution in [0.5, 0.6) is 0 Å². The van der Waals surface area contributed by atoms with Crippen molar-refractivity contribution in [3.8, 4) is 0 Å². The second-order valence-electron chi connectivity index (χ2n) is 2.63. The van der Waals surface area contributed by atoms with Crippen LogP contribution in [0, 0.1) is 0 Å². The first kappa shape index (κ1) is 9.00. The van der Waals surface area contributed by atoms with Gasteiger partial charge in [-0.1, -0.05) is 6.92 Å². The Labute approximate surface area is 71.0 Å². The van der Waals surface area contributed by atoms with Crippen molar-refractivity contribution < 1.29 is 14.3 Å². The Bertz CT molecular complexity index is 238. The summed E-state index contributed by atoms with van der Waals surface area (Å²) in [4.78, 5) is 10.9. The van der Waals surface area contributed by atoms with Crippen LogP contribution in [0.4, 0.5) is 0 Å². The highest BCUT2D eigenvalue weighted by molar-refractivity contribution is 5.78. The smallest absolute Gasteiger partial charge is 0.135 e. The molecule has 1 heterocycles. The number of carbonyl (C=O) groups excluding carboxylic acids is 1. The largest absolute Gasteiger partial charge is 0.467 e. The summed E-state index contributed by atoms with van der Waals surface area (Å²) in [5.41, 5.74) is 0. The van der Waals surface area contributed by atoms with Gasteiger partial charge in [-0.05, 0) is 12.1 Å². The fourth-order valence-electron chi connectivity index (χ4n) is 0.941. The first-order chi connectivity index (χ1) is 5.74. The van der Waals surface area contributed by atoms with Gasteiger partial charge in [0.15, 0.2) is 0 Å². The van der Waals surface area contributed by atoms with Gasteiger partial charge in [-0.3, -0.25) is 4.79 Å².